The molecule has 2 aliphatic rings. The first kappa shape index (κ1) is 18.0. The van der Waals surface area contributed by atoms with E-state index in [1.54, 1.807) is 0 Å². The van der Waals surface area contributed by atoms with Crippen LogP contribution in [0.4, 0.5) is 0 Å². The van der Waals surface area contributed by atoms with E-state index in [2.05, 4.69) is 34.2 Å². The summed E-state index contributed by atoms with van der Waals surface area (Å²) in [6.45, 7) is 11.6. The van der Waals surface area contributed by atoms with Crippen molar-refractivity contribution in [3.63, 3.8) is 0 Å². The van der Waals surface area contributed by atoms with Crippen molar-refractivity contribution in [2.75, 3.05) is 45.8 Å². The summed E-state index contributed by atoms with van der Waals surface area (Å²) in [5, 5.41) is 4.39. The minimum atomic E-state index is 0. The van der Waals surface area contributed by atoms with Crippen LogP contribution in [0.1, 0.15) is 18.9 Å². The van der Waals surface area contributed by atoms with Crippen LogP contribution in [0, 0.1) is 5.41 Å². The molecule has 0 amide bonds. The van der Waals surface area contributed by atoms with Crippen molar-refractivity contribution < 1.29 is 0 Å². The first-order chi connectivity index (χ1) is 10.1. The van der Waals surface area contributed by atoms with Crippen LogP contribution < -0.4 is 5.32 Å². The van der Waals surface area contributed by atoms with E-state index < -0.39 is 0 Å². The largest absolute Gasteiger partial charge is 0.316 e. The van der Waals surface area contributed by atoms with Gasteiger partial charge in [0.15, 0.2) is 0 Å². The van der Waals surface area contributed by atoms with E-state index in [9.17, 15) is 0 Å². The number of rotatable bonds is 4. The summed E-state index contributed by atoms with van der Waals surface area (Å²) in [7, 11) is 0. The Morgan fingerprint density at radius 1 is 1.14 bits per heavy atom. The average molecular weight is 344 g/mol. The van der Waals surface area contributed by atoms with Gasteiger partial charge in [0.1, 0.15) is 0 Å². The van der Waals surface area contributed by atoms with Crippen LogP contribution in [0.15, 0.2) is 24.3 Å². The van der Waals surface area contributed by atoms with Crippen molar-refractivity contribution >= 4 is 24.0 Å². The quantitative estimate of drug-likeness (QED) is 0.906. The Labute approximate surface area is 145 Å². The van der Waals surface area contributed by atoms with Gasteiger partial charge in [0.25, 0.3) is 0 Å². The fraction of sp³-hybridized carbons (Fsp3) is 0.647. The van der Waals surface area contributed by atoms with Gasteiger partial charge >= 0.3 is 0 Å². The molecule has 3 nitrogen and oxygen atoms in total. The van der Waals surface area contributed by atoms with Crippen LogP contribution in [0.5, 0.6) is 0 Å². The number of halogens is 2. The third-order valence-corrected chi connectivity index (χ3v) is 5.25. The van der Waals surface area contributed by atoms with E-state index in [4.69, 9.17) is 11.6 Å². The van der Waals surface area contributed by atoms with Crippen LogP contribution in [0.25, 0.3) is 0 Å². The number of nitrogens with one attached hydrogen (secondary N) is 1. The predicted octanol–water partition coefficient (Wildman–Crippen LogP) is 2.88. The fourth-order valence-electron chi connectivity index (χ4n) is 3.52. The second kappa shape index (κ2) is 7.98. The molecule has 1 aromatic carbocycles. The maximum absolute atomic E-state index is 6.26. The summed E-state index contributed by atoms with van der Waals surface area (Å²) in [5.41, 5.74) is 1.73. The van der Waals surface area contributed by atoms with Gasteiger partial charge in [-0.15, -0.1) is 12.4 Å². The van der Waals surface area contributed by atoms with Crippen molar-refractivity contribution in [3.05, 3.63) is 34.9 Å². The second-order valence-electron chi connectivity index (χ2n) is 6.88. The van der Waals surface area contributed by atoms with Gasteiger partial charge in [-0.3, -0.25) is 4.90 Å². The summed E-state index contributed by atoms with van der Waals surface area (Å²) in [6, 6.07) is 8.20. The highest BCUT2D eigenvalue weighted by Gasteiger charge is 2.31. The molecule has 0 radical (unpaired) electrons. The molecule has 0 spiro atoms. The van der Waals surface area contributed by atoms with E-state index in [1.807, 2.05) is 12.1 Å². The Morgan fingerprint density at radius 2 is 1.82 bits per heavy atom. The monoisotopic (exact) mass is 343 g/mol. The summed E-state index contributed by atoms with van der Waals surface area (Å²) in [5.74, 6) is 0. The lowest BCUT2D eigenvalue weighted by Crippen LogP contribution is -2.49. The lowest BCUT2D eigenvalue weighted by Gasteiger charge is -2.38. The molecule has 1 aromatic rings. The molecular formula is C17H27Cl2N3. The molecule has 3 rings (SSSR count). The zero-order valence-corrected chi connectivity index (χ0v) is 14.9. The Balaban J connectivity index is 0.00000176. The summed E-state index contributed by atoms with van der Waals surface area (Å²) in [4.78, 5) is 5.16. The molecule has 2 fully saturated rings. The van der Waals surface area contributed by atoms with Crippen LogP contribution >= 0.6 is 24.0 Å². The second-order valence-corrected chi connectivity index (χ2v) is 7.29. The van der Waals surface area contributed by atoms with Crippen molar-refractivity contribution in [3.8, 4) is 0 Å². The van der Waals surface area contributed by atoms with Crippen LogP contribution in [-0.2, 0) is 6.54 Å². The SMILES string of the molecule is CC1(CN2CCN(Cc3ccccc3Cl)CC2)CCNC1.Cl. The summed E-state index contributed by atoms with van der Waals surface area (Å²) in [6.07, 6.45) is 1.31. The van der Waals surface area contributed by atoms with E-state index >= 15 is 0 Å². The van der Waals surface area contributed by atoms with Gasteiger partial charge in [-0.2, -0.15) is 0 Å². The Hall–Kier alpha value is -0.320. The highest BCUT2D eigenvalue weighted by atomic mass is 35.5. The Kier molecular flexibility index (Phi) is 6.54. The van der Waals surface area contributed by atoms with Crippen LogP contribution in [0.2, 0.25) is 5.02 Å². The molecule has 0 saturated carbocycles. The normalized spacial score (nSPS) is 26.8. The van der Waals surface area contributed by atoms with Crippen LogP contribution in [-0.4, -0.2) is 55.6 Å². The minimum Gasteiger partial charge on any atom is -0.316 e. The van der Waals surface area contributed by atoms with E-state index in [0.717, 1.165) is 24.7 Å². The number of hydrogen-bond acceptors (Lipinski definition) is 3. The van der Waals surface area contributed by atoms with Gasteiger partial charge in [0.05, 0.1) is 0 Å². The number of benzene rings is 1. The zero-order valence-electron chi connectivity index (χ0n) is 13.4. The molecule has 2 heterocycles. The van der Waals surface area contributed by atoms with Gasteiger partial charge in [0.2, 0.25) is 0 Å². The fourth-order valence-corrected chi connectivity index (χ4v) is 3.71. The predicted molar refractivity (Wildman–Crippen MR) is 96.0 cm³/mol. The molecule has 2 saturated heterocycles. The van der Waals surface area contributed by atoms with Crippen molar-refractivity contribution in [1.82, 2.24) is 15.1 Å². The van der Waals surface area contributed by atoms with Crippen molar-refractivity contribution in [1.29, 1.82) is 0 Å². The number of nitrogens with zero attached hydrogens (tertiary/aromatic N) is 2. The molecule has 1 N–H and O–H groups in total. The molecular weight excluding hydrogens is 317 g/mol. The summed E-state index contributed by atoms with van der Waals surface area (Å²) >= 11 is 6.26. The topological polar surface area (TPSA) is 18.5 Å². The van der Waals surface area contributed by atoms with E-state index in [1.165, 1.54) is 44.7 Å². The highest BCUT2D eigenvalue weighted by molar-refractivity contribution is 6.31. The molecule has 0 bridgehead atoms. The molecule has 0 aliphatic carbocycles. The molecule has 1 atom stereocenters. The van der Waals surface area contributed by atoms with Crippen molar-refractivity contribution in [2.24, 2.45) is 5.41 Å². The minimum absolute atomic E-state index is 0. The highest BCUT2D eigenvalue weighted by Crippen LogP contribution is 2.26. The Morgan fingerprint density at radius 3 is 2.45 bits per heavy atom. The first-order valence-corrected chi connectivity index (χ1v) is 8.41. The molecule has 1 unspecified atom stereocenters. The number of piperazine rings is 1. The lowest BCUT2D eigenvalue weighted by molar-refractivity contribution is 0.0933. The van der Waals surface area contributed by atoms with Gasteiger partial charge < -0.3 is 10.2 Å². The zero-order chi connectivity index (χ0) is 14.7. The standard InChI is InChI=1S/C17H26ClN3.ClH/c1-17(6-7-19-13-17)14-21-10-8-20(9-11-21)12-15-4-2-3-5-16(15)18;/h2-5,19H,6-14H2,1H3;1H. The van der Waals surface area contributed by atoms with Crippen molar-refractivity contribution in [2.45, 2.75) is 19.9 Å². The number of hydrogen-bond donors (Lipinski definition) is 1. The van der Waals surface area contributed by atoms with Gasteiger partial charge in [0, 0.05) is 50.8 Å². The third kappa shape index (κ3) is 4.59. The molecule has 5 heteroatoms. The van der Waals surface area contributed by atoms with Gasteiger partial charge in [-0.25, -0.2) is 0 Å². The van der Waals surface area contributed by atoms with Crippen LogP contribution in [0.3, 0.4) is 0 Å². The van der Waals surface area contributed by atoms with E-state index in [-0.39, 0.29) is 12.4 Å². The third-order valence-electron chi connectivity index (χ3n) is 4.88. The molecule has 124 valence electrons. The van der Waals surface area contributed by atoms with E-state index in [0.29, 0.717) is 5.41 Å². The lowest BCUT2D eigenvalue weighted by atomic mass is 9.89. The molecule has 0 aromatic heterocycles. The Bertz CT molecular complexity index is 467. The maximum Gasteiger partial charge on any atom is 0.0451 e. The maximum atomic E-state index is 6.26. The molecule has 22 heavy (non-hydrogen) atoms. The van der Waals surface area contributed by atoms with Gasteiger partial charge in [-0.05, 0) is 30.0 Å². The van der Waals surface area contributed by atoms with Gasteiger partial charge in [-0.1, -0.05) is 36.7 Å². The first-order valence-electron chi connectivity index (χ1n) is 8.04. The molecule has 2 aliphatic heterocycles. The smallest absolute Gasteiger partial charge is 0.0451 e. The summed E-state index contributed by atoms with van der Waals surface area (Å²) < 4.78 is 0. The average Bonchev–Trinajstić information content (AvgIpc) is 2.90.